The average molecular weight is 248 g/mol. The molecule has 1 rings (SSSR count). The van der Waals surface area contributed by atoms with Gasteiger partial charge in [0.2, 0.25) is 0 Å². The highest BCUT2D eigenvalue weighted by Crippen LogP contribution is 2.24. The van der Waals surface area contributed by atoms with Gasteiger partial charge < -0.3 is 5.32 Å². The predicted octanol–water partition coefficient (Wildman–Crippen LogP) is 4.15. The van der Waals surface area contributed by atoms with Gasteiger partial charge in [0.25, 0.3) is 0 Å². The molecule has 0 saturated carbocycles. The summed E-state index contributed by atoms with van der Waals surface area (Å²) in [5, 5.41) is 12.8. The van der Waals surface area contributed by atoms with E-state index in [2.05, 4.69) is 49.5 Å². The van der Waals surface area contributed by atoms with Crippen LogP contribution in [0.15, 0.2) is 29.2 Å². The third-order valence-corrected chi connectivity index (χ3v) is 3.28. The summed E-state index contributed by atoms with van der Waals surface area (Å²) in [5.74, 6) is 0. The number of hydrogen-bond acceptors (Lipinski definition) is 3. The molecule has 0 aliphatic heterocycles. The van der Waals surface area contributed by atoms with Crippen LogP contribution >= 0.6 is 11.8 Å². The molecule has 0 spiro atoms. The number of nitrogens with zero attached hydrogens (tertiary/aromatic N) is 1. The van der Waals surface area contributed by atoms with Crippen molar-refractivity contribution in [2.75, 3.05) is 11.9 Å². The highest BCUT2D eigenvalue weighted by Gasteiger charge is 2.15. The fraction of sp³-hybridized carbons (Fsp3) is 0.500. The first-order valence-electron chi connectivity index (χ1n) is 5.85. The molecule has 0 fully saturated rings. The fourth-order valence-corrected chi connectivity index (χ4v) is 2.12. The monoisotopic (exact) mass is 248 g/mol. The van der Waals surface area contributed by atoms with Crippen molar-refractivity contribution in [2.24, 2.45) is 5.41 Å². The van der Waals surface area contributed by atoms with Crippen LogP contribution in [0.3, 0.4) is 0 Å². The summed E-state index contributed by atoms with van der Waals surface area (Å²) in [6, 6.07) is 10.7. The second-order valence-electron chi connectivity index (χ2n) is 5.04. The van der Waals surface area contributed by atoms with Crippen molar-refractivity contribution in [2.45, 2.75) is 37.8 Å². The number of benzene rings is 1. The van der Waals surface area contributed by atoms with Crippen LogP contribution in [0.5, 0.6) is 0 Å². The summed E-state index contributed by atoms with van der Waals surface area (Å²) in [7, 11) is 0. The molecule has 0 amide bonds. The Morgan fingerprint density at radius 2 is 1.88 bits per heavy atom. The molecule has 17 heavy (non-hydrogen) atoms. The van der Waals surface area contributed by atoms with Crippen molar-refractivity contribution < 1.29 is 0 Å². The first-order chi connectivity index (χ1) is 7.93. The Hall–Kier alpha value is -1.14. The van der Waals surface area contributed by atoms with Gasteiger partial charge in [-0.25, -0.2) is 0 Å². The summed E-state index contributed by atoms with van der Waals surface area (Å²) in [4.78, 5) is 1.28. The summed E-state index contributed by atoms with van der Waals surface area (Å²) in [6.45, 7) is 8.91. The smallest absolute Gasteiger partial charge is 0.0702 e. The molecule has 0 heterocycles. The number of thioether (sulfide) groups is 1. The zero-order valence-electron chi connectivity index (χ0n) is 10.9. The third-order valence-electron chi connectivity index (χ3n) is 2.26. The van der Waals surface area contributed by atoms with Gasteiger partial charge in [-0.1, -0.05) is 13.8 Å². The SMILES string of the molecule is CC(C)Sc1ccc(NCC(C)(C)C#N)cc1. The Bertz CT molecular complexity index is 388. The maximum Gasteiger partial charge on any atom is 0.0702 e. The van der Waals surface area contributed by atoms with Gasteiger partial charge in [-0.2, -0.15) is 5.26 Å². The lowest BCUT2D eigenvalue weighted by Gasteiger charge is -2.17. The predicted molar refractivity (Wildman–Crippen MR) is 75.3 cm³/mol. The van der Waals surface area contributed by atoms with E-state index in [4.69, 9.17) is 5.26 Å². The van der Waals surface area contributed by atoms with Gasteiger partial charge in [-0.05, 0) is 38.1 Å². The van der Waals surface area contributed by atoms with Gasteiger partial charge in [0.1, 0.15) is 0 Å². The molecular weight excluding hydrogens is 228 g/mol. The molecule has 1 aromatic rings. The average Bonchev–Trinajstić information content (AvgIpc) is 2.28. The molecule has 0 unspecified atom stereocenters. The van der Waals surface area contributed by atoms with Crippen molar-refractivity contribution in [3.8, 4) is 6.07 Å². The van der Waals surface area contributed by atoms with Crippen molar-refractivity contribution in [1.29, 1.82) is 5.26 Å². The second-order valence-corrected chi connectivity index (χ2v) is 6.69. The van der Waals surface area contributed by atoms with E-state index in [0.717, 1.165) is 5.69 Å². The number of nitriles is 1. The van der Waals surface area contributed by atoms with Crippen LogP contribution in [0, 0.1) is 16.7 Å². The Morgan fingerprint density at radius 1 is 1.29 bits per heavy atom. The molecule has 0 saturated heterocycles. The summed E-state index contributed by atoms with van der Waals surface area (Å²) >= 11 is 1.86. The summed E-state index contributed by atoms with van der Waals surface area (Å²) in [5.41, 5.74) is 0.743. The second kappa shape index (κ2) is 5.97. The van der Waals surface area contributed by atoms with Crippen molar-refractivity contribution >= 4 is 17.4 Å². The topological polar surface area (TPSA) is 35.8 Å². The number of anilines is 1. The van der Waals surface area contributed by atoms with Gasteiger partial charge >= 0.3 is 0 Å². The molecule has 92 valence electrons. The molecule has 2 nitrogen and oxygen atoms in total. The molecule has 0 aliphatic rings. The standard InChI is InChI=1S/C14H20N2S/c1-11(2)17-13-7-5-12(6-8-13)16-10-14(3,4)9-15/h5-8,11,16H,10H2,1-4H3. The van der Waals surface area contributed by atoms with Crippen LogP contribution in [0.2, 0.25) is 0 Å². The van der Waals surface area contributed by atoms with Crippen LogP contribution in [-0.4, -0.2) is 11.8 Å². The van der Waals surface area contributed by atoms with Crippen LogP contribution < -0.4 is 5.32 Å². The van der Waals surface area contributed by atoms with E-state index in [1.54, 1.807) is 0 Å². The lowest BCUT2D eigenvalue weighted by Crippen LogP contribution is -2.20. The molecule has 0 atom stereocenters. The number of rotatable bonds is 5. The van der Waals surface area contributed by atoms with E-state index in [1.807, 2.05) is 25.6 Å². The van der Waals surface area contributed by atoms with E-state index < -0.39 is 0 Å². The highest BCUT2D eigenvalue weighted by molar-refractivity contribution is 7.99. The van der Waals surface area contributed by atoms with E-state index in [9.17, 15) is 0 Å². The van der Waals surface area contributed by atoms with Crippen molar-refractivity contribution in [3.63, 3.8) is 0 Å². The van der Waals surface area contributed by atoms with E-state index in [1.165, 1.54) is 4.90 Å². The van der Waals surface area contributed by atoms with Gasteiger partial charge in [0, 0.05) is 22.4 Å². The molecule has 0 aromatic heterocycles. The van der Waals surface area contributed by atoms with Gasteiger partial charge in [-0.15, -0.1) is 11.8 Å². The zero-order chi connectivity index (χ0) is 12.9. The van der Waals surface area contributed by atoms with Crippen LogP contribution in [-0.2, 0) is 0 Å². The first kappa shape index (κ1) is 13.9. The molecule has 0 radical (unpaired) electrons. The molecule has 1 aromatic carbocycles. The van der Waals surface area contributed by atoms with E-state index in [0.29, 0.717) is 11.8 Å². The van der Waals surface area contributed by atoms with Gasteiger partial charge in [0.15, 0.2) is 0 Å². The van der Waals surface area contributed by atoms with Gasteiger partial charge in [0.05, 0.1) is 11.5 Å². The Kier molecular flexibility index (Phi) is 4.89. The van der Waals surface area contributed by atoms with Crippen molar-refractivity contribution in [1.82, 2.24) is 0 Å². The minimum absolute atomic E-state index is 0.328. The third kappa shape index (κ3) is 5.14. The lowest BCUT2D eigenvalue weighted by molar-refractivity contribution is 0.529. The minimum atomic E-state index is -0.328. The highest BCUT2D eigenvalue weighted by atomic mass is 32.2. The summed E-state index contributed by atoms with van der Waals surface area (Å²) < 4.78 is 0. The van der Waals surface area contributed by atoms with Crippen LogP contribution in [0.1, 0.15) is 27.7 Å². The first-order valence-corrected chi connectivity index (χ1v) is 6.73. The van der Waals surface area contributed by atoms with Crippen LogP contribution in [0.4, 0.5) is 5.69 Å². The Balaban J connectivity index is 2.55. The molecule has 1 N–H and O–H groups in total. The minimum Gasteiger partial charge on any atom is -0.383 e. The fourth-order valence-electron chi connectivity index (χ4n) is 1.29. The molecule has 0 aliphatic carbocycles. The lowest BCUT2D eigenvalue weighted by atomic mass is 9.96. The Labute approximate surface area is 108 Å². The van der Waals surface area contributed by atoms with Crippen molar-refractivity contribution in [3.05, 3.63) is 24.3 Å². The quantitative estimate of drug-likeness (QED) is 0.795. The largest absolute Gasteiger partial charge is 0.383 e. The van der Waals surface area contributed by atoms with E-state index >= 15 is 0 Å². The van der Waals surface area contributed by atoms with Crippen LogP contribution in [0.25, 0.3) is 0 Å². The molecule has 0 bridgehead atoms. The maximum absolute atomic E-state index is 8.92. The molecular formula is C14H20N2S. The zero-order valence-corrected chi connectivity index (χ0v) is 11.8. The number of nitrogens with one attached hydrogen (secondary N) is 1. The van der Waals surface area contributed by atoms with Gasteiger partial charge in [-0.3, -0.25) is 0 Å². The maximum atomic E-state index is 8.92. The Morgan fingerprint density at radius 3 is 2.35 bits per heavy atom. The molecule has 3 heteroatoms. The summed E-state index contributed by atoms with van der Waals surface area (Å²) in [6.07, 6.45) is 0. The normalized spacial score (nSPS) is 11.3. The number of hydrogen-bond donors (Lipinski definition) is 1. The van der Waals surface area contributed by atoms with E-state index in [-0.39, 0.29) is 5.41 Å².